The predicted octanol–water partition coefficient (Wildman–Crippen LogP) is 2.00. The van der Waals surface area contributed by atoms with Crippen LogP contribution in [-0.4, -0.2) is 58.4 Å². The highest BCUT2D eigenvalue weighted by Crippen LogP contribution is 2.37. The standard InChI is InChI=1S/C21H24N4O5S/c1-11(16-3-2-8-22-16)25(12-4-5-12)31(29,30)13-6-7-17-14(9-13)18-15(21(27)28)10-23-19(18)20(26)24-17/h6-7,9-12,16,22-23H,2-5,8H2,1H3,(H,24,26)(H,27,28). The molecular formula is C21H24N4O5S. The van der Waals surface area contributed by atoms with Crippen LogP contribution in [0.15, 0.2) is 34.1 Å². The van der Waals surface area contributed by atoms with Gasteiger partial charge in [0, 0.05) is 40.6 Å². The molecule has 3 heterocycles. The van der Waals surface area contributed by atoms with Crippen molar-refractivity contribution in [2.24, 2.45) is 0 Å². The van der Waals surface area contributed by atoms with Crippen LogP contribution < -0.4 is 10.9 Å². The molecule has 2 aromatic heterocycles. The van der Waals surface area contributed by atoms with Crippen molar-refractivity contribution in [3.63, 3.8) is 0 Å². The minimum atomic E-state index is -3.82. The van der Waals surface area contributed by atoms with Crippen LogP contribution in [0.2, 0.25) is 0 Å². The van der Waals surface area contributed by atoms with Crippen LogP contribution in [0.3, 0.4) is 0 Å². The summed E-state index contributed by atoms with van der Waals surface area (Å²) in [5, 5.41) is 13.6. The molecule has 0 bridgehead atoms. The molecular weight excluding hydrogens is 420 g/mol. The fourth-order valence-electron chi connectivity index (χ4n) is 4.73. The molecule has 2 fully saturated rings. The molecule has 5 rings (SSSR count). The maximum atomic E-state index is 13.7. The maximum Gasteiger partial charge on any atom is 0.337 e. The van der Waals surface area contributed by atoms with Gasteiger partial charge in [-0.1, -0.05) is 0 Å². The van der Waals surface area contributed by atoms with Crippen molar-refractivity contribution in [3.8, 4) is 0 Å². The second-order valence-corrected chi connectivity index (χ2v) is 10.3. The highest BCUT2D eigenvalue weighted by Gasteiger charge is 2.43. The molecule has 0 radical (unpaired) electrons. The van der Waals surface area contributed by atoms with Gasteiger partial charge in [0.15, 0.2) is 0 Å². The molecule has 31 heavy (non-hydrogen) atoms. The van der Waals surface area contributed by atoms with Crippen molar-refractivity contribution in [2.45, 2.75) is 55.6 Å². The highest BCUT2D eigenvalue weighted by molar-refractivity contribution is 7.89. The van der Waals surface area contributed by atoms with Crippen LogP contribution in [0.25, 0.3) is 21.8 Å². The number of aromatic carboxylic acids is 1. The second kappa shape index (κ2) is 7.18. The Bertz CT molecular complexity index is 1350. The van der Waals surface area contributed by atoms with Gasteiger partial charge in [-0.3, -0.25) is 4.79 Å². The van der Waals surface area contributed by atoms with Crippen LogP contribution in [0, 0.1) is 0 Å². The van der Waals surface area contributed by atoms with Gasteiger partial charge in [0.1, 0.15) is 5.52 Å². The summed E-state index contributed by atoms with van der Waals surface area (Å²) in [6.45, 7) is 2.84. The number of fused-ring (bicyclic) bond motifs is 3. The molecule has 1 aromatic carbocycles. The lowest BCUT2D eigenvalue weighted by Crippen LogP contribution is -2.49. The number of hydrogen-bond donors (Lipinski definition) is 4. The van der Waals surface area contributed by atoms with Crippen LogP contribution in [0.5, 0.6) is 0 Å². The van der Waals surface area contributed by atoms with Gasteiger partial charge in [-0.15, -0.1) is 0 Å². The highest BCUT2D eigenvalue weighted by atomic mass is 32.2. The summed E-state index contributed by atoms with van der Waals surface area (Å²) >= 11 is 0. The Hall–Kier alpha value is -2.69. The summed E-state index contributed by atoms with van der Waals surface area (Å²) in [4.78, 5) is 29.5. The van der Waals surface area contributed by atoms with E-state index in [4.69, 9.17) is 0 Å². The molecule has 10 heteroatoms. The van der Waals surface area contributed by atoms with Crippen LogP contribution in [0.4, 0.5) is 0 Å². The van der Waals surface area contributed by atoms with Crippen molar-refractivity contribution in [1.82, 2.24) is 19.6 Å². The smallest absolute Gasteiger partial charge is 0.337 e. The van der Waals surface area contributed by atoms with E-state index in [9.17, 15) is 23.1 Å². The Balaban J connectivity index is 1.67. The fourth-order valence-corrected chi connectivity index (χ4v) is 6.67. The van der Waals surface area contributed by atoms with E-state index in [1.54, 1.807) is 4.31 Å². The van der Waals surface area contributed by atoms with E-state index in [1.165, 1.54) is 24.4 Å². The Morgan fingerprint density at radius 3 is 2.68 bits per heavy atom. The number of carboxylic acid groups (broad SMARTS) is 1. The summed E-state index contributed by atoms with van der Waals surface area (Å²) in [5.41, 5.74) is -0.0154. The molecule has 3 aromatic rings. The monoisotopic (exact) mass is 444 g/mol. The number of sulfonamides is 1. The summed E-state index contributed by atoms with van der Waals surface area (Å²) in [7, 11) is -3.82. The molecule has 1 saturated heterocycles. The minimum absolute atomic E-state index is 0.0180. The average molecular weight is 445 g/mol. The van der Waals surface area contributed by atoms with Crippen molar-refractivity contribution in [3.05, 3.63) is 40.3 Å². The number of carbonyl (C=O) groups is 1. The fraction of sp³-hybridized carbons (Fsp3) is 0.429. The molecule has 1 aliphatic heterocycles. The number of hydrogen-bond acceptors (Lipinski definition) is 5. The van der Waals surface area contributed by atoms with Gasteiger partial charge in [0.2, 0.25) is 10.0 Å². The normalized spacial score (nSPS) is 20.6. The van der Waals surface area contributed by atoms with Gasteiger partial charge in [0.05, 0.1) is 10.5 Å². The van der Waals surface area contributed by atoms with E-state index in [0.29, 0.717) is 10.9 Å². The number of nitrogens with one attached hydrogen (secondary N) is 3. The molecule has 2 aliphatic rings. The van der Waals surface area contributed by atoms with Crippen LogP contribution in [-0.2, 0) is 10.0 Å². The van der Waals surface area contributed by atoms with Gasteiger partial charge >= 0.3 is 5.97 Å². The maximum absolute atomic E-state index is 13.7. The molecule has 164 valence electrons. The first-order valence-corrected chi connectivity index (χ1v) is 11.9. The summed E-state index contributed by atoms with van der Waals surface area (Å²) < 4.78 is 29.1. The quantitative estimate of drug-likeness (QED) is 0.459. The van der Waals surface area contributed by atoms with E-state index < -0.39 is 21.6 Å². The summed E-state index contributed by atoms with van der Waals surface area (Å²) in [5.74, 6) is -1.19. The Kier molecular flexibility index (Phi) is 4.68. The minimum Gasteiger partial charge on any atom is -0.478 e. The zero-order valence-electron chi connectivity index (χ0n) is 17.0. The first-order valence-electron chi connectivity index (χ1n) is 10.5. The van der Waals surface area contributed by atoms with Gasteiger partial charge in [-0.05, 0) is 57.4 Å². The number of carboxylic acids is 1. The Morgan fingerprint density at radius 1 is 1.26 bits per heavy atom. The molecule has 0 spiro atoms. The number of nitrogens with zero attached hydrogens (tertiary/aromatic N) is 1. The number of aromatic amines is 2. The van der Waals surface area contributed by atoms with E-state index in [-0.39, 0.29) is 39.5 Å². The zero-order valence-corrected chi connectivity index (χ0v) is 17.8. The third kappa shape index (κ3) is 3.26. The zero-order chi connectivity index (χ0) is 21.9. The van der Waals surface area contributed by atoms with Gasteiger partial charge in [-0.2, -0.15) is 4.31 Å². The third-order valence-corrected chi connectivity index (χ3v) is 8.45. The third-order valence-electron chi connectivity index (χ3n) is 6.41. The van der Waals surface area contributed by atoms with E-state index in [1.807, 2.05) is 6.92 Å². The number of rotatable bonds is 6. The number of aromatic nitrogens is 2. The molecule has 2 atom stereocenters. The lowest BCUT2D eigenvalue weighted by molar-refractivity contribution is 0.0699. The molecule has 0 amide bonds. The SMILES string of the molecule is CC(C1CCCN1)N(C1CC1)S(=O)(=O)c1ccc2[nH]c(=O)c3[nH]cc(C(=O)O)c3c2c1. The molecule has 9 nitrogen and oxygen atoms in total. The largest absolute Gasteiger partial charge is 0.478 e. The summed E-state index contributed by atoms with van der Waals surface area (Å²) in [6, 6.07) is 4.40. The predicted molar refractivity (Wildman–Crippen MR) is 116 cm³/mol. The van der Waals surface area contributed by atoms with Crippen molar-refractivity contribution < 1.29 is 18.3 Å². The van der Waals surface area contributed by atoms with Crippen molar-refractivity contribution in [2.75, 3.05) is 6.54 Å². The number of benzene rings is 1. The molecule has 1 saturated carbocycles. The molecule has 2 unspecified atom stereocenters. The van der Waals surface area contributed by atoms with E-state index >= 15 is 0 Å². The molecule has 1 aliphatic carbocycles. The van der Waals surface area contributed by atoms with Crippen LogP contribution in [0.1, 0.15) is 43.0 Å². The first-order chi connectivity index (χ1) is 14.8. The number of H-pyrrole nitrogens is 2. The lowest BCUT2D eigenvalue weighted by Gasteiger charge is -2.32. The van der Waals surface area contributed by atoms with Gasteiger partial charge in [-0.25, -0.2) is 13.2 Å². The lowest BCUT2D eigenvalue weighted by atomic mass is 10.1. The van der Waals surface area contributed by atoms with Crippen LogP contribution >= 0.6 is 0 Å². The Morgan fingerprint density at radius 2 is 2.03 bits per heavy atom. The topological polar surface area (TPSA) is 135 Å². The average Bonchev–Trinajstić information content (AvgIpc) is 3.21. The van der Waals surface area contributed by atoms with Crippen molar-refractivity contribution in [1.29, 1.82) is 0 Å². The van der Waals surface area contributed by atoms with E-state index in [2.05, 4.69) is 15.3 Å². The Labute approximate surface area is 178 Å². The second-order valence-electron chi connectivity index (χ2n) is 8.43. The van der Waals surface area contributed by atoms with E-state index in [0.717, 1.165) is 32.2 Å². The van der Waals surface area contributed by atoms with Gasteiger partial charge in [0.25, 0.3) is 5.56 Å². The van der Waals surface area contributed by atoms with Gasteiger partial charge < -0.3 is 20.4 Å². The summed E-state index contributed by atoms with van der Waals surface area (Å²) in [6.07, 6.45) is 4.89. The van der Waals surface area contributed by atoms with Crippen molar-refractivity contribution >= 4 is 37.8 Å². The molecule has 4 N–H and O–H groups in total. The number of pyridine rings is 1. The first kappa shape index (κ1) is 20.2.